The lowest BCUT2D eigenvalue weighted by atomic mass is 10.1. The summed E-state index contributed by atoms with van der Waals surface area (Å²) in [6.07, 6.45) is 0. The molecule has 1 heterocycles. The minimum atomic E-state index is -0.264. The van der Waals surface area contributed by atoms with Gasteiger partial charge in [-0.3, -0.25) is 14.5 Å². The Morgan fingerprint density at radius 3 is 1.46 bits per heavy atom. The van der Waals surface area contributed by atoms with Crippen LogP contribution in [0.1, 0.15) is 27.6 Å². The van der Waals surface area contributed by atoms with Gasteiger partial charge < -0.3 is 23.7 Å². The molecule has 2 amide bonds. The lowest BCUT2D eigenvalue weighted by Gasteiger charge is -2.13. The number of carbonyl (C=O) groups is 2. The number of amides is 2. The molecule has 8 nitrogen and oxygen atoms in total. The fourth-order valence-electron chi connectivity index (χ4n) is 2.62. The smallest absolute Gasteiger partial charge is 0.261 e. The molecular formula is C20H29NO7. The van der Waals surface area contributed by atoms with Crippen molar-refractivity contribution < 1.29 is 33.3 Å². The molecule has 0 saturated carbocycles. The third-order valence-corrected chi connectivity index (χ3v) is 4.03. The number of carbonyl (C=O) groups excluding carboxylic acids is 2. The van der Waals surface area contributed by atoms with Gasteiger partial charge in [-0.05, 0) is 19.1 Å². The van der Waals surface area contributed by atoms with Crippen molar-refractivity contribution in [3.05, 3.63) is 35.4 Å². The molecule has 1 aromatic carbocycles. The average molecular weight is 395 g/mol. The Morgan fingerprint density at radius 2 is 1.04 bits per heavy atom. The summed E-state index contributed by atoms with van der Waals surface area (Å²) in [5, 5.41) is 0. The minimum absolute atomic E-state index is 0.235. The summed E-state index contributed by atoms with van der Waals surface area (Å²) in [7, 11) is 0. The summed E-state index contributed by atoms with van der Waals surface area (Å²) in [5.74, 6) is -0.529. The molecule has 0 bridgehead atoms. The van der Waals surface area contributed by atoms with Crippen LogP contribution >= 0.6 is 0 Å². The van der Waals surface area contributed by atoms with Gasteiger partial charge in [-0.15, -0.1) is 0 Å². The van der Waals surface area contributed by atoms with E-state index in [0.29, 0.717) is 70.6 Å². The number of hydrogen-bond acceptors (Lipinski definition) is 7. The van der Waals surface area contributed by atoms with Crippen LogP contribution in [0.25, 0.3) is 0 Å². The molecule has 0 radical (unpaired) electrons. The first kappa shape index (κ1) is 22.4. The third-order valence-electron chi connectivity index (χ3n) is 4.03. The highest BCUT2D eigenvalue weighted by atomic mass is 16.6. The van der Waals surface area contributed by atoms with Gasteiger partial charge >= 0.3 is 0 Å². The van der Waals surface area contributed by atoms with E-state index in [1.165, 1.54) is 4.90 Å². The second-order valence-corrected chi connectivity index (χ2v) is 5.95. The van der Waals surface area contributed by atoms with Gasteiger partial charge in [0.1, 0.15) is 0 Å². The van der Waals surface area contributed by atoms with Crippen LogP contribution in [0.4, 0.5) is 0 Å². The number of fused-ring (bicyclic) bond motifs is 1. The summed E-state index contributed by atoms with van der Waals surface area (Å²) >= 11 is 0. The molecule has 0 saturated heterocycles. The van der Waals surface area contributed by atoms with Gasteiger partial charge in [0.15, 0.2) is 0 Å². The lowest BCUT2D eigenvalue weighted by Crippen LogP contribution is -2.33. The largest absolute Gasteiger partial charge is 0.379 e. The van der Waals surface area contributed by atoms with Crippen molar-refractivity contribution in [2.75, 3.05) is 72.6 Å². The highest BCUT2D eigenvalue weighted by Gasteiger charge is 2.34. The van der Waals surface area contributed by atoms with E-state index in [-0.39, 0.29) is 25.0 Å². The predicted molar refractivity (Wildman–Crippen MR) is 102 cm³/mol. The monoisotopic (exact) mass is 395 g/mol. The highest BCUT2D eigenvalue weighted by molar-refractivity contribution is 6.21. The van der Waals surface area contributed by atoms with Gasteiger partial charge in [0.25, 0.3) is 11.8 Å². The van der Waals surface area contributed by atoms with Crippen molar-refractivity contribution in [2.24, 2.45) is 0 Å². The van der Waals surface area contributed by atoms with Crippen LogP contribution in [0.2, 0.25) is 0 Å². The summed E-state index contributed by atoms with van der Waals surface area (Å²) in [4.78, 5) is 25.6. The molecule has 0 fully saturated rings. The Hall–Kier alpha value is -1.84. The first-order valence-corrected chi connectivity index (χ1v) is 9.59. The van der Waals surface area contributed by atoms with Crippen LogP contribution in [-0.4, -0.2) is 89.3 Å². The number of benzene rings is 1. The van der Waals surface area contributed by atoms with Crippen LogP contribution in [0.5, 0.6) is 0 Å². The predicted octanol–water partition coefficient (Wildman–Crippen LogP) is 1.39. The minimum Gasteiger partial charge on any atom is -0.379 e. The van der Waals surface area contributed by atoms with Crippen LogP contribution in [-0.2, 0) is 23.7 Å². The molecular weight excluding hydrogens is 366 g/mol. The Kier molecular flexibility index (Phi) is 10.7. The summed E-state index contributed by atoms with van der Waals surface area (Å²) < 4.78 is 26.7. The van der Waals surface area contributed by atoms with E-state index in [9.17, 15) is 9.59 Å². The van der Waals surface area contributed by atoms with Gasteiger partial charge in [0.05, 0.1) is 77.1 Å². The Morgan fingerprint density at radius 1 is 0.643 bits per heavy atom. The molecule has 28 heavy (non-hydrogen) atoms. The van der Waals surface area contributed by atoms with Gasteiger partial charge in [0.2, 0.25) is 0 Å². The molecule has 0 aromatic heterocycles. The maximum Gasteiger partial charge on any atom is 0.261 e. The highest BCUT2D eigenvalue weighted by Crippen LogP contribution is 2.21. The van der Waals surface area contributed by atoms with Crippen LogP contribution in [0.15, 0.2) is 24.3 Å². The first-order chi connectivity index (χ1) is 13.8. The zero-order valence-electron chi connectivity index (χ0n) is 16.4. The van der Waals surface area contributed by atoms with Crippen molar-refractivity contribution in [1.29, 1.82) is 0 Å². The summed E-state index contributed by atoms with van der Waals surface area (Å²) in [6.45, 7) is 7.18. The third kappa shape index (κ3) is 7.29. The summed E-state index contributed by atoms with van der Waals surface area (Å²) in [5.41, 5.74) is 0.908. The molecule has 0 N–H and O–H groups in total. The lowest BCUT2D eigenvalue weighted by molar-refractivity contribution is -0.0110. The number of nitrogens with zero attached hydrogens (tertiary/aromatic N) is 1. The van der Waals surface area contributed by atoms with Gasteiger partial charge in [-0.1, -0.05) is 12.1 Å². The second-order valence-electron chi connectivity index (χ2n) is 5.95. The topological polar surface area (TPSA) is 83.5 Å². The normalized spacial score (nSPS) is 13.4. The van der Waals surface area contributed by atoms with Crippen molar-refractivity contribution in [3.63, 3.8) is 0 Å². The summed E-state index contributed by atoms with van der Waals surface area (Å²) in [6, 6.07) is 6.83. The maximum atomic E-state index is 12.2. The van der Waals surface area contributed by atoms with Crippen LogP contribution < -0.4 is 0 Å². The maximum absolute atomic E-state index is 12.2. The van der Waals surface area contributed by atoms with Crippen molar-refractivity contribution >= 4 is 11.8 Å². The van der Waals surface area contributed by atoms with Gasteiger partial charge in [-0.25, -0.2) is 0 Å². The first-order valence-electron chi connectivity index (χ1n) is 9.59. The Bertz CT molecular complexity index is 573. The fourth-order valence-corrected chi connectivity index (χ4v) is 2.62. The Balaban J connectivity index is 1.40. The number of rotatable bonds is 16. The van der Waals surface area contributed by atoms with E-state index >= 15 is 0 Å². The van der Waals surface area contributed by atoms with E-state index < -0.39 is 0 Å². The number of imide groups is 1. The second kappa shape index (κ2) is 13.4. The van der Waals surface area contributed by atoms with Crippen LogP contribution in [0.3, 0.4) is 0 Å². The SMILES string of the molecule is CCOCCOCCOCCOCCOCCN1C(=O)c2ccccc2C1=O. The van der Waals surface area contributed by atoms with E-state index in [1.54, 1.807) is 24.3 Å². The zero-order chi connectivity index (χ0) is 20.0. The van der Waals surface area contributed by atoms with E-state index in [2.05, 4.69) is 0 Å². The fraction of sp³-hybridized carbons (Fsp3) is 0.600. The van der Waals surface area contributed by atoms with Crippen molar-refractivity contribution in [2.45, 2.75) is 6.92 Å². The molecule has 0 atom stereocenters. The molecule has 1 aliphatic heterocycles. The van der Waals surface area contributed by atoms with Crippen molar-refractivity contribution in [1.82, 2.24) is 4.90 Å². The number of hydrogen-bond donors (Lipinski definition) is 0. The average Bonchev–Trinajstić information content (AvgIpc) is 2.96. The van der Waals surface area contributed by atoms with Crippen molar-refractivity contribution in [3.8, 4) is 0 Å². The zero-order valence-corrected chi connectivity index (χ0v) is 16.4. The van der Waals surface area contributed by atoms with E-state index in [4.69, 9.17) is 23.7 Å². The standard InChI is InChI=1S/C20H29NO7/c1-2-24-9-10-26-13-14-28-16-15-27-12-11-25-8-7-21-19(22)17-5-3-4-6-18(17)20(21)23/h3-6H,2,7-16H2,1H3. The molecule has 1 aromatic rings. The molecule has 0 spiro atoms. The molecule has 0 unspecified atom stereocenters. The van der Waals surface area contributed by atoms with Gasteiger partial charge in [0, 0.05) is 6.61 Å². The number of ether oxygens (including phenoxy) is 5. The molecule has 156 valence electrons. The molecule has 1 aliphatic rings. The Labute approximate surface area is 165 Å². The van der Waals surface area contributed by atoms with Gasteiger partial charge in [-0.2, -0.15) is 0 Å². The molecule has 0 aliphatic carbocycles. The van der Waals surface area contributed by atoms with E-state index in [0.717, 1.165) is 0 Å². The molecule has 8 heteroatoms. The molecule has 2 rings (SSSR count). The quantitative estimate of drug-likeness (QED) is 0.309. The van der Waals surface area contributed by atoms with Crippen LogP contribution in [0, 0.1) is 0 Å². The van der Waals surface area contributed by atoms with E-state index in [1.807, 2.05) is 6.92 Å².